The van der Waals surface area contributed by atoms with Crippen molar-refractivity contribution in [1.29, 1.82) is 5.41 Å². The number of thioether (sulfide) groups is 1. The first-order valence-corrected chi connectivity index (χ1v) is 9.81. The summed E-state index contributed by atoms with van der Waals surface area (Å²) in [5.74, 6) is -0.415. The fourth-order valence-corrected chi connectivity index (χ4v) is 4.41. The lowest BCUT2D eigenvalue weighted by Gasteiger charge is -2.09. The predicted octanol–water partition coefficient (Wildman–Crippen LogP) is 4.77. The number of hydrogen-bond donors (Lipinski definition) is 1. The van der Waals surface area contributed by atoms with Crippen molar-refractivity contribution in [3.63, 3.8) is 0 Å². The normalized spacial score (nSPS) is 15.4. The molecule has 0 unspecified atom stereocenters. The van der Waals surface area contributed by atoms with Crippen molar-refractivity contribution in [2.45, 2.75) is 0 Å². The van der Waals surface area contributed by atoms with Crippen LogP contribution in [0.3, 0.4) is 0 Å². The van der Waals surface area contributed by atoms with Crippen molar-refractivity contribution < 1.29 is 9.72 Å². The summed E-state index contributed by atoms with van der Waals surface area (Å²) < 4.78 is 0. The third-order valence-corrected chi connectivity index (χ3v) is 5.71. The molecule has 1 amide bonds. The van der Waals surface area contributed by atoms with Gasteiger partial charge < -0.3 is 0 Å². The monoisotopic (exact) mass is 408 g/mol. The van der Waals surface area contributed by atoms with Gasteiger partial charge in [0.2, 0.25) is 0 Å². The first-order chi connectivity index (χ1) is 13.5. The molecule has 3 aromatic rings. The summed E-state index contributed by atoms with van der Waals surface area (Å²) in [7, 11) is 0. The zero-order valence-electron chi connectivity index (χ0n) is 14.2. The molecule has 138 valence electrons. The zero-order chi connectivity index (χ0) is 19.7. The van der Waals surface area contributed by atoms with Gasteiger partial charge in [0.1, 0.15) is 0 Å². The van der Waals surface area contributed by atoms with E-state index in [2.05, 4.69) is 4.98 Å². The number of aromatic nitrogens is 1. The van der Waals surface area contributed by atoms with E-state index in [1.54, 1.807) is 18.2 Å². The van der Waals surface area contributed by atoms with Crippen molar-refractivity contribution in [3.8, 4) is 11.3 Å². The Hall–Kier alpha value is -3.30. The third-order valence-electron chi connectivity index (χ3n) is 4.00. The van der Waals surface area contributed by atoms with Crippen molar-refractivity contribution >= 4 is 51.1 Å². The van der Waals surface area contributed by atoms with Crippen LogP contribution >= 0.6 is 23.1 Å². The number of nitro groups is 1. The minimum Gasteiger partial charge on any atom is -0.278 e. The molecular formula is C19H12N4O3S2. The number of carbonyl (C=O) groups excluding carboxylic acids is 1. The molecule has 0 bridgehead atoms. The van der Waals surface area contributed by atoms with Gasteiger partial charge in [0, 0.05) is 17.0 Å². The molecule has 9 heteroatoms. The van der Waals surface area contributed by atoms with E-state index in [1.165, 1.54) is 28.4 Å². The van der Waals surface area contributed by atoms with Crippen LogP contribution in [0.4, 0.5) is 10.8 Å². The number of amides is 1. The molecule has 1 saturated heterocycles. The van der Waals surface area contributed by atoms with Crippen LogP contribution in [-0.2, 0) is 4.79 Å². The summed E-state index contributed by atoms with van der Waals surface area (Å²) in [5, 5.41) is 21.6. The zero-order valence-corrected chi connectivity index (χ0v) is 15.9. The van der Waals surface area contributed by atoms with Crippen LogP contribution in [0.25, 0.3) is 17.3 Å². The molecule has 28 heavy (non-hydrogen) atoms. The quantitative estimate of drug-likeness (QED) is 0.381. The largest absolute Gasteiger partial charge is 0.278 e. The molecule has 0 spiro atoms. The maximum absolute atomic E-state index is 12.8. The fourth-order valence-electron chi connectivity index (χ4n) is 2.69. The van der Waals surface area contributed by atoms with Gasteiger partial charge in [0.15, 0.2) is 10.3 Å². The maximum atomic E-state index is 12.8. The lowest BCUT2D eigenvalue weighted by atomic mass is 10.1. The van der Waals surface area contributed by atoms with Crippen LogP contribution in [0.5, 0.6) is 0 Å². The van der Waals surface area contributed by atoms with Gasteiger partial charge in [0.05, 0.1) is 21.1 Å². The van der Waals surface area contributed by atoms with Gasteiger partial charge in [-0.2, -0.15) is 0 Å². The van der Waals surface area contributed by atoms with Crippen LogP contribution in [0.15, 0.2) is 64.9 Å². The molecule has 2 aromatic carbocycles. The summed E-state index contributed by atoms with van der Waals surface area (Å²) >= 11 is 2.23. The Morgan fingerprint density at radius 3 is 2.57 bits per heavy atom. The molecule has 1 aromatic heterocycles. The lowest BCUT2D eigenvalue weighted by Crippen LogP contribution is -2.27. The highest BCUT2D eigenvalue weighted by molar-refractivity contribution is 8.19. The van der Waals surface area contributed by atoms with E-state index in [9.17, 15) is 14.9 Å². The average molecular weight is 408 g/mol. The number of benzene rings is 2. The van der Waals surface area contributed by atoms with Crippen LogP contribution in [0, 0.1) is 15.5 Å². The standard InChI is InChI=1S/C19H12N4O3S2/c20-18-22(19-21-14(11-27-19)12-6-2-1-3-7-12)17(24)16(28-18)10-13-8-4-5-9-15(13)23(25)26/h1-11,20H/b16-10-,20-18?. The van der Waals surface area contributed by atoms with Gasteiger partial charge in [-0.05, 0) is 23.9 Å². The van der Waals surface area contributed by atoms with Crippen LogP contribution < -0.4 is 4.90 Å². The number of carbonyl (C=O) groups is 1. The average Bonchev–Trinajstić information content (AvgIpc) is 3.27. The molecule has 0 aliphatic carbocycles. The van der Waals surface area contributed by atoms with Crippen LogP contribution in [0.2, 0.25) is 0 Å². The van der Waals surface area contributed by atoms with E-state index in [0.717, 1.165) is 23.0 Å². The van der Waals surface area contributed by atoms with Crippen LogP contribution in [0.1, 0.15) is 5.56 Å². The molecular weight excluding hydrogens is 396 g/mol. The molecule has 1 N–H and O–H groups in total. The first-order valence-electron chi connectivity index (χ1n) is 8.11. The number of nitro benzene ring substituents is 1. The SMILES string of the molecule is N=C1S/C(=C\c2ccccc2[N+](=O)[O-])C(=O)N1c1nc(-c2ccccc2)cs1. The Labute approximate surface area is 168 Å². The predicted molar refractivity (Wildman–Crippen MR) is 111 cm³/mol. The molecule has 0 saturated carbocycles. The number of rotatable bonds is 4. The highest BCUT2D eigenvalue weighted by atomic mass is 32.2. The van der Waals surface area contributed by atoms with Gasteiger partial charge in [-0.1, -0.05) is 42.5 Å². The van der Waals surface area contributed by atoms with Crippen molar-refractivity contribution in [2.24, 2.45) is 0 Å². The molecule has 0 atom stereocenters. The Bertz CT molecular complexity index is 1120. The Morgan fingerprint density at radius 1 is 1.11 bits per heavy atom. The van der Waals surface area contributed by atoms with Crippen molar-refractivity contribution in [1.82, 2.24) is 4.98 Å². The van der Waals surface area contributed by atoms with E-state index in [1.807, 2.05) is 35.7 Å². The maximum Gasteiger partial charge on any atom is 0.276 e. The van der Waals surface area contributed by atoms with E-state index >= 15 is 0 Å². The second-order valence-electron chi connectivity index (χ2n) is 5.75. The lowest BCUT2D eigenvalue weighted by molar-refractivity contribution is -0.385. The highest BCUT2D eigenvalue weighted by Crippen LogP contribution is 2.38. The molecule has 2 heterocycles. The summed E-state index contributed by atoms with van der Waals surface area (Å²) in [6.45, 7) is 0. The summed E-state index contributed by atoms with van der Waals surface area (Å²) in [4.78, 5) is 29.5. The smallest absolute Gasteiger partial charge is 0.276 e. The molecule has 1 fully saturated rings. The number of thiazole rings is 1. The van der Waals surface area contributed by atoms with E-state index < -0.39 is 10.8 Å². The topological polar surface area (TPSA) is 100 Å². The number of amidine groups is 1. The van der Waals surface area contributed by atoms with E-state index in [4.69, 9.17) is 5.41 Å². The van der Waals surface area contributed by atoms with Crippen molar-refractivity contribution in [3.05, 3.63) is 80.6 Å². The van der Waals surface area contributed by atoms with Gasteiger partial charge in [-0.15, -0.1) is 11.3 Å². The summed E-state index contributed by atoms with van der Waals surface area (Å²) in [6, 6.07) is 15.7. The number of nitrogens with zero attached hydrogens (tertiary/aromatic N) is 3. The Morgan fingerprint density at radius 2 is 1.82 bits per heavy atom. The van der Waals surface area contributed by atoms with E-state index in [0.29, 0.717) is 10.7 Å². The second-order valence-corrected chi connectivity index (χ2v) is 7.62. The van der Waals surface area contributed by atoms with Gasteiger partial charge in [-0.3, -0.25) is 20.3 Å². The van der Waals surface area contributed by atoms with Gasteiger partial charge >= 0.3 is 0 Å². The Balaban J connectivity index is 1.66. The third kappa shape index (κ3) is 3.32. The first kappa shape index (κ1) is 18.1. The minimum absolute atomic E-state index is 0.0174. The summed E-state index contributed by atoms with van der Waals surface area (Å²) in [5.41, 5.74) is 1.88. The van der Waals surface area contributed by atoms with Crippen LogP contribution in [-0.4, -0.2) is 21.0 Å². The van der Waals surface area contributed by atoms with Crippen molar-refractivity contribution in [2.75, 3.05) is 4.90 Å². The second kappa shape index (κ2) is 7.37. The van der Waals surface area contributed by atoms with E-state index in [-0.39, 0.29) is 15.8 Å². The minimum atomic E-state index is -0.494. The number of nitrogens with one attached hydrogen (secondary N) is 1. The number of anilines is 1. The molecule has 7 nitrogen and oxygen atoms in total. The Kier molecular flexibility index (Phi) is 4.76. The highest BCUT2D eigenvalue weighted by Gasteiger charge is 2.36. The number of hydrogen-bond acceptors (Lipinski definition) is 7. The number of para-hydroxylation sites is 1. The molecule has 0 radical (unpaired) electrons. The molecule has 1 aliphatic rings. The van der Waals surface area contributed by atoms with Gasteiger partial charge in [-0.25, -0.2) is 9.88 Å². The molecule has 1 aliphatic heterocycles. The fraction of sp³-hybridized carbons (Fsp3) is 0. The van der Waals surface area contributed by atoms with Gasteiger partial charge in [0.25, 0.3) is 11.6 Å². The summed E-state index contributed by atoms with van der Waals surface area (Å²) in [6.07, 6.45) is 1.45. The molecule has 4 rings (SSSR count).